The Kier molecular flexibility index (Phi) is 18.3. The van der Waals surface area contributed by atoms with Crippen LogP contribution in [-0.2, 0) is 6.42 Å². The molecule has 0 saturated heterocycles. The van der Waals surface area contributed by atoms with Crippen LogP contribution >= 0.6 is 11.8 Å². The van der Waals surface area contributed by atoms with Crippen LogP contribution in [0.4, 0.5) is 4.39 Å². The van der Waals surface area contributed by atoms with E-state index in [4.69, 9.17) is 5.73 Å². The fraction of sp³-hybridized carbons (Fsp3) is 0.484. The highest BCUT2D eigenvalue weighted by Crippen LogP contribution is 2.54. The lowest BCUT2D eigenvalue weighted by Gasteiger charge is -2.31. The molecule has 0 amide bonds. The minimum atomic E-state index is -0.260. The Morgan fingerprint density at radius 3 is 2.08 bits per heavy atom. The summed E-state index contributed by atoms with van der Waals surface area (Å²) in [6.45, 7) is 15.9. The van der Waals surface area contributed by atoms with Crippen molar-refractivity contribution in [3.05, 3.63) is 70.3 Å². The zero-order valence-corrected chi connectivity index (χ0v) is 25.3. The molecule has 37 heavy (non-hydrogen) atoms. The number of thioether (sulfide) groups is 1. The average molecular weight is 529 g/mol. The number of nitrogens with zero attached hydrogens (tertiary/aromatic N) is 2. The Morgan fingerprint density at radius 2 is 1.57 bits per heavy atom. The molecule has 2 aliphatic rings. The Morgan fingerprint density at radius 1 is 0.946 bits per heavy atom. The molecule has 2 aliphatic heterocycles. The molecule has 0 saturated carbocycles. The fourth-order valence-corrected chi connectivity index (χ4v) is 4.98. The molecule has 2 heterocycles. The predicted octanol–water partition coefficient (Wildman–Crippen LogP) is 8.74. The number of rotatable bonds is 6. The average Bonchev–Trinajstić information content (AvgIpc) is 2.97. The molecule has 0 aromatic heterocycles. The highest BCUT2D eigenvalue weighted by molar-refractivity contribution is 8.01. The first kappa shape index (κ1) is 34.6. The molecule has 4 nitrogen and oxygen atoms in total. The van der Waals surface area contributed by atoms with Crippen molar-refractivity contribution >= 4 is 28.9 Å². The second-order valence-corrected chi connectivity index (χ2v) is 8.87. The summed E-state index contributed by atoms with van der Waals surface area (Å²) in [4.78, 5) is 1.29. The number of hydrogen-bond donors (Lipinski definition) is 2. The third kappa shape index (κ3) is 9.75. The quantitative estimate of drug-likeness (QED) is 0.393. The molecule has 0 bridgehead atoms. The first-order valence-corrected chi connectivity index (χ1v) is 14.5. The van der Waals surface area contributed by atoms with Crippen LogP contribution < -0.4 is 11.5 Å². The molecule has 206 valence electrons. The highest BCUT2D eigenvalue weighted by atomic mass is 32.2. The van der Waals surface area contributed by atoms with Crippen LogP contribution in [0.2, 0.25) is 0 Å². The lowest BCUT2D eigenvalue weighted by atomic mass is 9.96. The van der Waals surface area contributed by atoms with Gasteiger partial charge in [0, 0.05) is 16.3 Å². The standard InChI is InChI=1S/C24H26FN3S.3C2H6.CH5N/c1-15-5-12-21(28-27-15)18-7-9-19(10-8-18)23(26)16(2)24-20-11-6-17(4-3-13-25)14-22(20)29-24;4*1-2/h6-11,14,24H,3-5,12-13,26H2,1-2H3;3*1-2H3;2H2,1H3/b23-16-;;;;. The fourth-order valence-electron chi connectivity index (χ4n) is 3.74. The third-order valence-corrected chi connectivity index (χ3v) is 7.07. The SMILES string of the molecule is CC.CC.CC.CC1=NN=C(c2ccc(/C(N)=C(\C)C3Sc4cc(CCCF)ccc43)cc2)CC1.CN. The van der Waals surface area contributed by atoms with Crippen LogP contribution in [0.15, 0.2) is 63.1 Å². The summed E-state index contributed by atoms with van der Waals surface area (Å²) in [7, 11) is 1.50. The van der Waals surface area contributed by atoms with Crippen molar-refractivity contribution in [1.29, 1.82) is 0 Å². The molecular weight excluding hydrogens is 479 g/mol. The Labute approximate surface area is 229 Å². The van der Waals surface area contributed by atoms with Crippen molar-refractivity contribution in [2.24, 2.45) is 21.7 Å². The topological polar surface area (TPSA) is 76.8 Å². The van der Waals surface area contributed by atoms with Gasteiger partial charge in [0.25, 0.3) is 0 Å². The van der Waals surface area contributed by atoms with E-state index in [1.807, 2.05) is 60.2 Å². The van der Waals surface area contributed by atoms with Crippen molar-refractivity contribution < 1.29 is 4.39 Å². The number of aryl methyl sites for hydroxylation is 1. The van der Waals surface area contributed by atoms with Crippen LogP contribution in [0.25, 0.3) is 5.70 Å². The van der Waals surface area contributed by atoms with E-state index in [9.17, 15) is 4.39 Å². The van der Waals surface area contributed by atoms with E-state index < -0.39 is 0 Å². The Balaban J connectivity index is 0.00000148. The largest absolute Gasteiger partial charge is 0.398 e. The van der Waals surface area contributed by atoms with Gasteiger partial charge in [-0.1, -0.05) is 77.9 Å². The molecule has 0 spiro atoms. The van der Waals surface area contributed by atoms with Crippen molar-refractivity contribution in [3.8, 4) is 0 Å². The molecule has 4 N–H and O–H groups in total. The summed E-state index contributed by atoms with van der Waals surface area (Å²) in [5, 5.41) is 8.83. The first-order valence-electron chi connectivity index (χ1n) is 13.7. The maximum atomic E-state index is 12.4. The van der Waals surface area contributed by atoms with Gasteiger partial charge >= 0.3 is 0 Å². The molecular formula is C31H49FN4S. The zero-order chi connectivity index (χ0) is 28.4. The molecule has 1 atom stereocenters. The predicted molar refractivity (Wildman–Crippen MR) is 166 cm³/mol. The van der Waals surface area contributed by atoms with Gasteiger partial charge in [-0.3, -0.25) is 4.39 Å². The lowest BCUT2D eigenvalue weighted by molar-refractivity contribution is 0.473. The summed E-state index contributed by atoms with van der Waals surface area (Å²) >= 11 is 1.84. The van der Waals surface area contributed by atoms with E-state index in [-0.39, 0.29) is 6.67 Å². The van der Waals surface area contributed by atoms with Crippen molar-refractivity contribution in [2.75, 3.05) is 13.7 Å². The summed E-state index contributed by atoms with van der Waals surface area (Å²) in [5.74, 6) is 0. The molecule has 2 aromatic carbocycles. The van der Waals surface area contributed by atoms with Crippen molar-refractivity contribution in [3.63, 3.8) is 0 Å². The molecule has 2 aromatic rings. The van der Waals surface area contributed by atoms with E-state index in [1.54, 1.807) is 0 Å². The summed E-state index contributed by atoms with van der Waals surface area (Å²) in [6.07, 6.45) is 3.29. The number of benzene rings is 2. The van der Waals surface area contributed by atoms with Crippen LogP contribution in [-0.4, -0.2) is 25.1 Å². The van der Waals surface area contributed by atoms with Crippen LogP contribution in [0.3, 0.4) is 0 Å². The highest BCUT2D eigenvalue weighted by Gasteiger charge is 2.30. The van der Waals surface area contributed by atoms with Gasteiger partial charge < -0.3 is 11.5 Å². The number of halogens is 1. The zero-order valence-electron chi connectivity index (χ0n) is 24.5. The lowest BCUT2D eigenvalue weighted by Crippen LogP contribution is -2.13. The van der Waals surface area contributed by atoms with Gasteiger partial charge in [0.15, 0.2) is 0 Å². The van der Waals surface area contributed by atoms with Gasteiger partial charge in [-0.15, -0.1) is 11.8 Å². The normalized spacial score (nSPS) is 15.5. The minimum absolute atomic E-state index is 0.260. The molecule has 4 rings (SSSR count). The third-order valence-electron chi connectivity index (χ3n) is 5.62. The number of hydrogen-bond acceptors (Lipinski definition) is 5. The van der Waals surface area contributed by atoms with Crippen LogP contribution in [0, 0.1) is 0 Å². The maximum Gasteiger partial charge on any atom is 0.0897 e. The number of alkyl halides is 1. The molecule has 0 radical (unpaired) electrons. The molecule has 0 aliphatic carbocycles. The second-order valence-electron chi connectivity index (χ2n) is 7.72. The van der Waals surface area contributed by atoms with Gasteiger partial charge in [-0.05, 0) is 80.5 Å². The van der Waals surface area contributed by atoms with Gasteiger partial charge in [-0.25, -0.2) is 0 Å². The smallest absolute Gasteiger partial charge is 0.0897 e. The Hall–Kier alpha value is -2.44. The second kappa shape index (κ2) is 19.6. The van der Waals surface area contributed by atoms with Crippen LogP contribution in [0.1, 0.15) is 102 Å². The van der Waals surface area contributed by atoms with E-state index in [2.05, 4.69) is 65.3 Å². The molecule has 0 fully saturated rings. The van der Waals surface area contributed by atoms with E-state index in [0.717, 1.165) is 47.5 Å². The Bertz CT molecular complexity index is 1010. The number of nitrogens with two attached hydrogens (primary N) is 2. The van der Waals surface area contributed by atoms with Gasteiger partial charge in [0.2, 0.25) is 0 Å². The van der Waals surface area contributed by atoms with Gasteiger partial charge in [-0.2, -0.15) is 10.2 Å². The van der Waals surface area contributed by atoms with E-state index in [1.165, 1.54) is 28.6 Å². The maximum absolute atomic E-state index is 12.4. The van der Waals surface area contributed by atoms with E-state index in [0.29, 0.717) is 11.7 Å². The van der Waals surface area contributed by atoms with Gasteiger partial charge in [0.05, 0.1) is 17.6 Å². The monoisotopic (exact) mass is 528 g/mol. The summed E-state index contributed by atoms with van der Waals surface area (Å²) in [6, 6.07) is 14.8. The van der Waals surface area contributed by atoms with Gasteiger partial charge in [0.1, 0.15) is 0 Å². The summed E-state index contributed by atoms with van der Waals surface area (Å²) < 4.78 is 12.4. The van der Waals surface area contributed by atoms with E-state index >= 15 is 0 Å². The molecule has 1 unspecified atom stereocenters. The summed E-state index contributed by atoms with van der Waals surface area (Å²) in [5.41, 5.74) is 19.8. The minimum Gasteiger partial charge on any atom is -0.398 e. The first-order chi connectivity index (χ1) is 18.1. The van der Waals surface area contributed by atoms with Crippen molar-refractivity contribution in [1.82, 2.24) is 0 Å². The van der Waals surface area contributed by atoms with Crippen LogP contribution in [0.5, 0.6) is 0 Å². The van der Waals surface area contributed by atoms with Crippen molar-refractivity contribution in [2.45, 2.75) is 91.2 Å². The number of fused-ring (bicyclic) bond motifs is 1. The molecule has 6 heteroatoms.